The summed E-state index contributed by atoms with van der Waals surface area (Å²) in [6, 6.07) is 8.60. The van der Waals surface area contributed by atoms with Gasteiger partial charge < -0.3 is 9.47 Å². The standard InChI is InChI=1S/C18H21N5O/c1-21-13-14(16-4-2-3-5-17(16)21)12-18(24)22-9-6-15(7-10-22)23-11-8-19-20-23/h2-5,8,11,13,15H,6-7,9-10,12H2,1H3. The van der Waals surface area contributed by atoms with Gasteiger partial charge in [-0.2, -0.15) is 0 Å². The van der Waals surface area contributed by atoms with Gasteiger partial charge in [0.15, 0.2) is 0 Å². The minimum Gasteiger partial charge on any atom is -0.350 e. The van der Waals surface area contributed by atoms with Crippen molar-refractivity contribution in [3.63, 3.8) is 0 Å². The Hall–Kier alpha value is -2.63. The number of para-hydroxylation sites is 1. The molecule has 2 aromatic heterocycles. The summed E-state index contributed by atoms with van der Waals surface area (Å²) in [5.74, 6) is 0.211. The van der Waals surface area contributed by atoms with Gasteiger partial charge in [-0.15, -0.1) is 5.10 Å². The molecule has 0 saturated carbocycles. The van der Waals surface area contributed by atoms with Crippen LogP contribution in [0.5, 0.6) is 0 Å². The summed E-state index contributed by atoms with van der Waals surface area (Å²) in [5.41, 5.74) is 2.28. The molecule has 1 saturated heterocycles. The monoisotopic (exact) mass is 323 g/mol. The van der Waals surface area contributed by atoms with Crippen molar-refractivity contribution < 1.29 is 4.79 Å². The van der Waals surface area contributed by atoms with E-state index < -0.39 is 0 Å². The van der Waals surface area contributed by atoms with Crippen LogP contribution in [0.15, 0.2) is 42.9 Å². The van der Waals surface area contributed by atoms with Gasteiger partial charge in [0.05, 0.1) is 18.7 Å². The second-order valence-electron chi connectivity index (χ2n) is 6.45. The lowest BCUT2D eigenvalue weighted by atomic mass is 10.0. The van der Waals surface area contributed by atoms with Gasteiger partial charge in [0, 0.05) is 43.4 Å². The van der Waals surface area contributed by atoms with Crippen molar-refractivity contribution in [2.75, 3.05) is 13.1 Å². The van der Waals surface area contributed by atoms with E-state index in [1.807, 2.05) is 35.0 Å². The molecule has 6 heteroatoms. The molecule has 3 heterocycles. The quantitative estimate of drug-likeness (QED) is 0.742. The maximum Gasteiger partial charge on any atom is 0.227 e. The molecule has 0 radical (unpaired) electrons. The molecule has 1 aliphatic rings. The predicted octanol–water partition coefficient (Wildman–Crippen LogP) is 2.18. The van der Waals surface area contributed by atoms with Gasteiger partial charge >= 0.3 is 0 Å². The summed E-state index contributed by atoms with van der Waals surface area (Å²) < 4.78 is 4.00. The number of likely N-dealkylation sites (tertiary alicyclic amines) is 1. The van der Waals surface area contributed by atoms with E-state index in [1.165, 1.54) is 10.9 Å². The minimum absolute atomic E-state index is 0.211. The lowest BCUT2D eigenvalue weighted by molar-refractivity contribution is -0.131. The molecule has 6 nitrogen and oxygen atoms in total. The van der Waals surface area contributed by atoms with Gasteiger partial charge in [-0.05, 0) is 24.5 Å². The summed E-state index contributed by atoms with van der Waals surface area (Å²) in [6.45, 7) is 1.57. The number of carbonyl (C=O) groups excluding carboxylic acids is 1. The van der Waals surface area contributed by atoms with Gasteiger partial charge in [-0.1, -0.05) is 23.4 Å². The second kappa shape index (κ2) is 6.11. The lowest BCUT2D eigenvalue weighted by Crippen LogP contribution is -2.40. The molecule has 4 rings (SSSR count). The van der Waals surface area contributed by atoms with E-state index >= 15 is 0 Å². The fourth-order valence-corrected chi connectivity index (χ4v) is 3.63. The zero-order valence-corrected chi connectivity index (χ0v) is 13.8. The lowest BCUT2D eigenvalue weighted by Gasteiger charge is -2.31. The number of carbonyl (C=O) groups is 1. The highest BCUT2D eigenvalue weighted by Gasteiger charge is 2.24. The third-order valence-corrected chi connectivity index (χ3v) is 4.95. The molecule has 0 spiro atoms. The topological polar surface area (TPSA) is 56.0 Å². The number of aromatic nitrogens is 4. The van der Waals surface area contributed by atoms with E-state index in [-0.39, 0.29) is 5.91 Å². The van der Waals surface area contributed by atoms with Crippen LogP contribution in [0.1, 0.15) is 24.4 Å². The fourth-order valence-electron chi connectivity index (χ4n) is 3.63. The molecule has 1 aromatic carbocycles. The second-order valence-corrected chi connectivity index (χ2v) is 6.45. The van der Waals surface area contributed by atoms with Crippen molar-refractivity contribution in [1.29, 1.82) is 0 Å². The Morgan fingerprint density at radius 1 is 1.25 bits per heavy atom. The Kier molecular flexibility index (Phi) is 3.80. The maximum atomic E-state index is 12.7. The zero-order chi connectivity index (χ0) is 16.5. The number of rotatable bonds is 3. The number of hydrogen-bond donors (Lipinski definition) is 0. The highest BCUT2D eigenvalue weighted by molar-refractivity contribution is 5.89. The minimum atomic E-state index is 0.211. The third kappa shape index (κ3) is 2.68. The Morgan fingerprint density at radius 3 is 2.79 bits per heavy atom. The number of fused-ring (bicyclic) bond motifs is 1. The Balaban J connectivity index is 1.43. The molecule has 0 N–H and O–H groups in total. The van der Waals surface area contributed by atoms with Crippen molar-refractivity contribution in [1.82, 2.24) is 24.5 Å². The average Bonchev–Trinajstić information content (AvgIpc) is 3.25. The van der Waals surface area contributed by atoms with Gasteiger partial charge in [0.25, 0.3) is 0 Å². The first-order valence-corrected chi connectivity index (χ1v) is 8.39. The van der Waals surface area contributed by atoms with Crippen LogP contribution in [0.3, 0.4) is 0 Å². The van der Waals surface area contributed by atoms with Crippen LogP contribution >= 0.6 is 0 Å². The van der Waals surface area contributed by atoms with Crippen molar-refractivity contribution in [2.45, 2.75) is 25.3 Å². The average molecular weight is 323 g/mol. The summed E-state index contributed by atoms with van der Waals surface area (Å²) in [5, 5.41) is 9.12. The van der Waals surface area contributed by atoms with Crippen molar-refractivity contribution >= 4 is 16.8 Å². The van der Waals surface area contributed by atoms with Crippen LogP contribution in [-0.4, -0.2) is 43.5 Å². The fraction of sp³-hybridized carbons (Fsp3) is 0.389. The number of piperidine rings is 1. The Labute approximate surface area is 140 Å². The number of aryl methyl sites for hydroxylation is 1. The molecule has 24 heavy (non-hydrogen) atoms. The molecule has 0 atom stereocenters. The first-order chi connectivity index (χ1) is 11.7. The zero-order valence-electron chi connectivity index (χ0n) is 13.8. The van der Waals surface area contributed by atoms with Crippen LogP contribution in [0, 0.1) is 0 Å². The Morgan fingerprint density at radius 2 is 2.04 bits per heavy atom. The molecular weight excluding hydrogens is 302 g/mol. The molecular formula is C18H21N5O. The normalized spacial score (nSPS) is 16.0. The summed E-state index contributed by atoms with van der Waals surface area (Å²) in [6.07, 6.45) is 8.02. The van der Waals surface area contributed by atoms with Gasteiger partial charge in [0.2, 0.25) is 5.91 Å². The van der Waals surface area contributed by atoms with E-state index in [4.69, 9.17) is 0 Å². The van der Waals surface area contributed by atoms with Crippen LogP contribution in [0.4, 0.5) is 0 Å². The molecule has 0 bridgehead atoms. The van der Waals surface area contributed by atoms with Gasteiger partial charge in [0.1, 0.15) is 0 Å². The molecule has 124 valence electrons. The van der Waals surface area contributed by atoms with E-state index in [0.717, 1.165) is 31.5 Å². The molecule has 0 unspecified atom stereocenters. The van der Waals surface area contributed by atoms with E-state index in [1.54, 1.807) is 6.20 Å². The summed E-state index contributed by atoms with van der Waals surface area (Å²) >= 11 is 0. The van der Waals surface area contributed by atoms with Gasteiger partial charge in [-0.25, -0.2) is 4.68 Å². The van der Waals surface area contributed by atoms with Crippen LogP contribution in [0.2, 0.25) is 0 Å². The number of benzene rings is 1. The van der Waals surface area contributed by atoms with Gasteiger partial charge in [-0.3, -0.25) is 4.79 Å². The first kappa shape index (κ1) is 14.9. The summed E-state index contributed by atoms with van der Waals surface area (Å²) in [4.78, 5) is 14.7. The molecule has 3 aromatic rings. The smallest absolute Gasteiger partial charge is 0.227 e. The maximum absolute atomic E-state index is 12.7. The first-order valence-electron chi connectivity index (χ1n) is 8.39. The van der Waals surface area contributed by atoms with Crippen LogP contribution < -0.4 is 0 Å². The number of hydrogen-bond acceptors (Lipinski definition) is 3. The van der Waals surface area contributed by atoms with E-state index in [0.29, 0.717) is 12.5 Å². The summed E-state index contributed by atoms with van der Waals surface area (Å²) in [7, 11) is 2.03. The van der Waals surface area contributed by atoms with Crippen LogP contribution in [-0.2, 0) is 18.3 Å². The predicted molar refractivity (Wildman–Crippen MR) is 91.5 cm³/mol. The van der Waals surface area contributed by atoms with Crippen molar-refractivity contribution in [3.05, 3.63) is 48.4 Å². The third-order valence-electron chi connectivity index (χ3n) is 4.95. The molecule has 1 amide bonds. The Bertz CT molecular complexity index is 844. The highest BCUT2D eigenvalue weighted by atomic mass is 16.2. The molecule has 1 aliphatic heterocycles. The van der Waals surface area contributed by atoms with Crippen LogP contribution in [0.25, 0.3) is 10.9 Å². The van der Waals surface area contributed by atoms with E-state index in [2.05, 4.69) is 33.2 Å². The van der Waals surface area contributed by atoms with E-state index in [9.17, 15) is 4.79 Å². The number of amides is 1. The SMILES string of the molecule is Cn1cc(CC(=O)N2CCC(n3ccnn3)CC2)c2ccccc21. The number of nitrogens with zero attached hydrogens (tertiary/aromatic N) is 5. The highest BCUT2D eigenvalue weighted by Crippen LogP contribution is 2.24. The van der Waals surface area contributed by atoms with Crippen molar-refractivity contribution in [3.8, 4) is 0 Å². The largest absolute Gasteiger partial charge is 0.350 e. The molecule has 1 fully saturated rings. The molecule has 0 aliphatic carbocycles. The van der Waals surface area contributed by atoms with Crippen molar-refractivity contribution in [2.24, 2.45) is 7.05 Å².